The van der Waals surface area contributed by atoms with Gasteiger partial charge in [-0.1, -0.05) is 0 Å². The van der Waals surface area contributed by atoms with Crippen LogP contribution < -0.4 is 10.6 Å². The molecule has 78 valence electrons. The van der Waals surface area contributed by atoms with Crippen molar-refractivity contribution in [2.24, 2.45) is 11.7 Å². The van der Waals surface area contributed by atoms with Crippen LogP contribution in [0.3, 0.4) is 0 Å². The molecule has 1 atom stereocenters. The van der Waals surface area contributed by atoms with Crippen molar-refractivity contribution < 1.29 is 0 Å². The van der Waals surface area contributed by atoms with Crippen LogP contribution in [0.4, 0.5) is 5.69 Å². The predicted molar refractivity (Wildman–Crippen MR) is 58.3 cm³/mol. The molecule has 1 saturated heterocycles. The number of nitriles is 1. The van der Waals surface area contributed by atoms with E-state index in [0.29, 0.717) is 11.6 Å². The summed E-state index contributed by atoms with van der Waals surface area (Å²) >= 11 is 0. The van der Waals surface area contributed by atoms with Gasteiger partial charge < -0.3 is 10.6 Å². The molecule has 1 aliphatic heterocycles. The normalized spacial score (nSPS) is 20.3. The fraction of sp³-hybridized carbons (Fsp3) is 0.455. The Morgan fingerprint density at radius 1 is 1.67 bits per heavy atom. The van der Waals surface area contributed by atoms with E-state index in [2.05, 4.69) is 16.0 Å². The number of aromatic nitrogens is 1. The lowest BCUT2D eigenvalue weighted by molar-refractivity contribution is 0.602. The molecule has 0 aliphatic carbocycles. The van der Waals surface area contributed by atoms with Gasteiger partial charge in [0.05, 0.1) is 5.69 Å². The summed E-state index contributed by atoms with van der Waals surface area (Å²) in [6.07, 6.45) is 2.76. The first-order chi connectivity index (χ1) is 7.35. The number of rotatable bonds is 2. The van der Waals surface area contributed by atoms with Gasteiger partial charge in [0.1, 0.15) is 6.07 Å². The lowest BCUT2D eigenvalue weighted by atomic mass is 10.1. The van der Waals surface area contributed by atoms with Crippen LogP contribution in [0, 0.1) is 17.2 Å². The molecule has 2 N–H and O–H groups in total. The van der Waals surface area contributed by atoms with Crippen LogP contribution >= 0.6 is 0 Å². The Morgan fingerprint density at radius 3 is 3.20 bits per heavy atom. The molecule has 1 fully saturated rings. The third-order valence-electron chi connectivity index (χ3n) is 2.85. The van der Waals surface area contributed by atoms with E-state index >= 15 is 0 Å². The van der Waals surface area contributed by atoms with E-state index in [0.717, 1.165) is 31.7 Å². The average molecular weight is 202 g/mol. The number of nitrogens with zero attached hydrogens (tertiary/aromatic N) is 3. The molecule has 0 saturated carbocycles. The summed E-state index contributed by atoms with van der Waals surface area (Å²) in [6, 6.07) is 5.94. The maximum Gasteiger partial charge on any atom is 0.163 e. The smallest absolute Gasteiger partial charge is 0.163 e. The Hall–Kier alpha value is -1.60. The number of nitrogens with two attached hydrogens (primary N) is 1. The average Bonchev–Trinajstić information content (AvgIpc) is 2.77. The van der Waals surface area contributed by atoms with Crippen molar-refractivity contribution in [1.82, 2.24) is 4.98 Å². The lowest BCUT2D eigenvalue weighted by Gasteiger charge is -2.18. The molecular formula is C11H14N4. The van der Waals surface area contributed by atoms with E-state index in [9.17, 15) is 0 Å². The van der Waals surface area contributed by atoms with Crippen molar-refractivity contribution in [1.29, 1.82) is 5.26 Å². The standard InChI is InChI=1S/C11H14N4/c12-6-9-3-5-15(8-9)11-2-1-4-14-10(11)7-13/h1-2,4,9H,3,5-6,8,12H2. The molecule has 2 rings (SSSR count). The van der Waals surface area contributed by atoms with Gasteiger partial charge in [-0.15, -0.1) is 0 Å². The Labute approximate surface area is 89.3 Å². The summed E-state index contributed by atoms with van der Waals surface area (Å²) in [7, 11) is 0. The first-order valence-corrected chi connectivity index (χ1v) is 5.15. The molecule has 1 aromatic heterocycles. The fourth-order valence-electron chi connectivity index (χ4n) is 1.98. The van der Waals surface area contributed by atoms with E-state index in [1.807, 2.05) is 12.1 Å². The summed E-state index contributed by atoms with van der Waals surface area (Å²) < 4.78 is 0. The molecule has 0 bridgehead atoms. The van der Waals surface area contributed by atoms with Crippen LogP contribution in [0.5, 0.6) is 0 Å². The second-order valence-corrected chi connectivity index (χ2v) is 3.82. The number of anilines is 1. The summed E-state index contributed by atoms with van der Waals surface area (Å²) in [4.78, 5) is 6.26. The van der Waals surface area contributed by atoms with E-state index < -0.39 is 0 Å². The van der Waals surface area contributed by atoms with Gasteiger partial charge in [-0.2, -0.15) is 5.26 Å². The number of hydrogen-bond donors (Lipinski definition) is 1. The minimum atomic E-state index is 0.509. The van der Waals surface area contributed by atoms with Gasteiger partial charge >= 0.3 is 0 Å². The van der Waals surface area contributed by atoms with Crippen LogP contribution in [0.1, 0.15) is 12.1 Å². The molecule has 2 heterocycles. The highest BCUT2D eigenvalue weighted by Gasteiger charge is 2.23. The molecule has 15 heavy (non-hydrogen) atoms. The number of pyridine rings is 1. The number of hydrogen-bond acceptors (Lipinski definition) is 4. The third-order valence-corrected chi connectivity index (χ3v) is 2.85. The second-order valence-electron chi connectivity index (χ2n) is 3.82. The molecule has 1 aromatic rings. The van der Waals surface area contributed by atoms with Crippen LogP contribution in [0.25, 0.3) is 0 Å². The second kappa shape index (κ2) is 4.28. The fourth-order valence-corrected chi connectivity index (χ4v) is 1.98. The first-order valence-electron chi connectivity index (χ1n) is 5.15. The van der Waals surface area contributed by atoms with E-state index in [1.165, 1.54) is 0 Å². The molecule has 4 heteroatoms. The maximum absolute atomic E-state index is 8.94. The maximum atomic E-state index is 8.94. The van der Waals surface area contributed by atoms with Crippen LogP contribution in [-0.4, -0.2) is 24.6 Å². The Balaban J connectivity index is 2.20. The van der Waals surface area contributed by atoms with Crippen LogP contribution in [0.15, 0.2) is 18.3 Å². The first kappa shape index (κ1) is 9.94. The molecule has 4 nitrogen and oxygen atoms in total. The van der Waals surface area contributed by atoms with Crippen molar-refractivity contribution in [3.05, 3.63) is 24.0 Å². The highest BCUT2D eigenvalue weighted by molar-refractivity contribution is 5.56. The van der Waals surface area contributed by atoms with Gasteiger partial charge in [0.25, 0.3) is 0 Å². The predicted octanol–water partition coefficient (Wildman–Crippen LogP) is 0.738. The molecular weight excluding hydrogens is 188 g/mol. The summed E-state index contributed by atoms with van der Waals surface area (Å²) in [6.45, 7) is 2.64. The molecule has 0 spiro atoms. The van der Waals surface area contributed by atoms with E-state index in [4.69, 9.17) is 11.0 Å². The van der Waals surface area contributed by atoms with Gasteiger partial charge in [0.15, 0.2) is 5.69 Å². The summed E-state index contributed by atoms with van der Waals surface area (Å²) in [5.74, 6) is 0.553. The van der Waals surface area contributed by atoms with Crippen LogP contribution in [0.2, 0.25) is 0 Å². The quantitative estimate of drug-likeness (QED) is 0.768. The minimum absolute atomic E-state index is 0.509. The monoisotopic (exact) mass is 202 g/mol. The Bertz CT molecular complexity index is 382. The zero-order valence-electron chi connectivity index (χ0n) is 8.56. The summed E-state index contributed by atoms with van der Waals surface area (Å²) in [5, 5.41) is 8.94. The molecule has 1 unspecified atom stereocenters. The largest absolute Gasteiger partial charge is 0.369 e. The van der Waals surface area contributed by atoms with Gasteiger partial charge in [0, 0.05) is 19.3 Å². The SMILES string of the molecule is N#Cc1ncccc1N1CCC(CN)C1. The van der Waals surface area contributed by atoms with Gasteiger partial charge in [-0.25, -0.2) is 4.98 Å². The van der Waals surface area contributed by atoms with Gasteiger partial charge in [-0.3, -0.25) is 0 Å². The Kier molecular flexibility index (Phi) is 2.84. The third kappa shape index (κ3) is 1.92. The lowest BCUT2D eigenvalue weighted by Crippen LogP contribution is -2.23. The zero-order valence-corrected chi connectivity index (χ0v) is 8.56. The molecule has 0 amide bonds. The van der Waals surface area contributed by atoms with Crippen molar-refractivity contribution in [3.63, 3.8) is 0 Å². The van der Waals surface area contributed by atoms with Gasteiger partial charge in [-0.05, 0) is 31.0 Å². The van der Waals surface area contributed by atoms with Crippen molar-refractivity contribution >= 4 is 5.69 Å². The van der Waals surface area contributed by atoms with Crippen LogP contribution in [-0.2, 0) is 0 Å². The molecule has 0 aromatic carbocycles. The van der Waals surface area contributed by atoms with E-state index in [-0.39, 0.29) is 0 Å². The molecule has 0 radical (unpaired) electrons. The Morgan fingerprint density at radius 2 is 2.53 bits per heavy atom. The summed E-state index contributed by atoms with van der Waals surface area (Å²) in [5.41, 5.74) is 7.09. The highest BCUT2D eigenvalue weighted by atomic mass is 15.2. The molecule has 1 aliphatic rings. The highest BCUT2D eigenvalue weighted by Crippen LogP contribution is 2.24. The minimum Gasteiger partial charge on any atom is -0.369 e. The topological polar surface area (TPSA) is 65.9 Å². The van der Waals surface area contributed by atoms with Crippen molar-refractivity contribution in [3.8, 4) is 6.07 Å². The zero-order chi connectivity index (χ0) is 10.7. The van der Waals surface area contributed by atoms with Gasteiger partial charge in [0.2, 0.25) is 0 Å². The van der Waals surface area contributed by atoms with Crippen molar-refractivity contribution in [2.45, 2.75) is 6.42 Å². The van der Waals surface area contributed by atoms with E-state index in [1.54, 1.807) is 6.20 Å². The van der Waals surface area contributed by atoms with Crippen molar-refractivity contribution in [2.75, 3.05) is 24.5 Å².